The molecule has 0 radical (unpaired) electrons. The fourth-order valence-corrected chi connectivity index (χ4v) is 2.42. The van der Waals surface area contributed by atoms with Crippen LogP contribution in [0.4, 0.5) is 5.69 Å². The Morgan fingerprint density at radius 1 is 1.08 bits per heavy atom. The molecule has 1 aromatic rings. The summed E-state index contributed by atoms with van der Waals surface area (Å²) in [6.07, 6.45) is 0. The Hall–Kier alpha value is -1.02. The number of anilines is 1. The highest BCUT2D eigenvalue weighted by molar-refractivity contribution is 5.48. The molecule has 1 heterocycles. The third kappa shape index (κ3) is 1.05. The molecule has 2 nitrogen and oxygen atoms in total. The van der Waals surface area contributed by atoms with Crippen molar-refractivity contribution in [1.29, 1.82) is 0 Å². The average molecular weight is 174 g/mol. The van der Waals surface area contributed by atoms with Gasteiger partial charge in [0.15, 0.2) is 0 Å². The molecule has 13 heavy (non-hydrogen) atoms. The summed E-state index contributed by atoms with van der Waals surface area (Å²) in [5, 5.41) is 0. The molecule has 1 aromatic carbocycles. The van der Waals surface area contributed by atoms with Crippen LogP contribution >= 0.6 is 0 Å². The van der Waals surface area contributed by atoms with E-state index in [1.807, 2.05) is 0 Å². The number of piperidine rings is 1. The molecule has 2 heteroatoms. The minimum absolute atomic E-state index is 0.500. The van der Waals surface area contributed by atoms with Gasteiger partial charge in [0.05, 0.1) is 0 Å². The van der Waals surface area contributed by atoms with E-state index in [0.29, 0.717) is 6.04 Å². The third-order valence-corrected chi connectivity index (χ3v) is 3.38. The lowest BCUT2D eigenvalue weighted by molar-refractivity contribution is 0.743. The second-order valence-corrected chi connectivity index (χ2v) is 4.15. The molecule has 1 saturated heterocycles. The first-order chi connectivity index (χ1) is 6.36. The van der Waals surface area contributed by atoms with E-state index >= 15 is 0 Å². The van der Waals surface area contributed by atoms with E-state index in [9.17, 15) is 0 Å². The first-order valence-corrected chi connectivity index (χ1v) is 4.92. The molecule has 1 aliphatic carbocycles. The summed E-state index contributed by atoms with van der Waals surface area (Å²) < 4.78 is 0. The van der Waals surface area contributed by atoms with Gasteiger partial charge in [0, 0.05) is 24.8 Å². The van der Waals surface area contributed by atoms with Crippen molar-refractivity contribution in [1.82, 2.24) is 0 Å². The fraction of sp³-hybridized carbons (Fsp3) is 0.455. The highest BCUT2D eigenvalue weighted by atomic mass is 15.2. The van der Waals surface area contributed by atoms with E-state index in [4.69, 9.17) is 5.73 Å². The summed E-state index contributed by atoms with van der Waals surface area (Å²) in [4.78, 5) is 2.44. The van der Waals surface area contributed by atoms with Gasteiger partial charge < -0.3 is 10.6 Å². The Kier molecular flexibility index (Phi) is 1.41. The number of hydrogen-bond acceptors (Lipinski definition) is 2. The standard InChI is InChI=1S/C11H14N2/c12-11-9-6-13(7-10(9)11)8-4-2-1-3-5-8/h1-5,9-11H,6-7,12H2/t9-,10-/m1/s1. The monoisotopic (exact) mass is 174 g/mol. The fourth-order valence-electron chi connectivity index (χ4n) is 2.42. The number of para-hydroxylation sites is 1. The molecule has 2 atom stereocenters. The quantitative estimate of drug-likeness (QED) is 0.690. The predicted molar refractivity (Wildman–Crippen MR) is 53.6 cm³/mol. The van der Waals surface area contributed by atoms with Crippen molar-refractivity contribution in [3.63, 3.8) is 0 Å². The second kappa shape index (κ2) is 2.48. The minimum Gasteiger partial charge on any atom is -0.371 e. The van der Waals surface area contributed by atoms with Crippen LogP contribution in [0.2, 0.25) is 0 Å². The largest absolute Gasteiger partial charge is 0.371 e. The van der Waals surface area contributed by atoms with Crippen molar-refractivity contribution < 1.29 is 0 Å². The van der Waals surface area contributed by atoms with E-state index in [2.05, 4.69) is 35.2 Å². The van der Waals surface area contributed by atoms with Gasteiger partial charge in [0.1, 0.15) is 0 Å². The average Bonchev–Trinajstić information content (AvgIpc) is 2.67. The molecule has 0 bridgehead atoms. The van der Waals surface area contributed by atoms with E-state index < -0.39 is 0 Å². The lowest BCUT2D eigenvalue weighted by Crippen LogP contribution is -2.27. The molecule has 1 saturated carbocycles. The number of hydrogen-bond donors (Lipinski definition) is 1. The zero-order valence-corrected chi connectivity index (χ0v) is 7.56. The van der Waals surface area contributed by atoms with Crippen molar-refractivity contribution in [2.75, 3.05) is 18.0 Å². The molecule has 3 rings (SSSR count). The number of rotatable bonds is 1. The van der Waals surface area contributed by atoms with Gasteiger partial charge in [-0.2, -0.15) is 0 Å². The second-order valence-electron chi connectivity index (χ2n) is 4.15. The summed E-state index contributed by atoms with van der Waals surface area (Å²) in [7, 11) is 0. The van der Waals surface area contributed by atoms with Crippen LogP contribution in [0, 0.1) is 11.8 Å². The van der Waals surface area contributed by atoms with Crippen molar-refractivity contribution in [2.24, 2.45) is 17.6 Å². The van der Waals surface area contributed by atoms with Crippen LogP contribution in [0.1, 0.15) is 0 Å². The number of nitrogens with two attached hydrogens (primary N) is 1. The van der Waals surface area contributed by atoms with Gasteiger partial charge in [-0.15, -0.1) is 0 Å². The first kappa shape index (κ1) is 7.39. The van der Waals surface area contributed by atoms with Gasteiger partial charge in [0.25, 0.3) is 0 Å². The van der Waals surface area contributed by atoms with Crippen molar-refractivity contribution in [3.05, 3.63) is 30.3 Å². The maximum Gasteiger partial charge on any atom is 0.0366 e. The maximum atomic E-state index is 5.89. The lowest BCUT2D eigenvalue weighted by Gasteiger charge is -2.20. The molecular weight excluding hydrogens is 160 g/mol. The highest BCUT2D eigenvalue weighted by Gasteiger charge is 2.53. The summed E-state index contributed by atoms with van der Waals surface area (Å²) in [5.41, 5.74) is 7.23. The zero-order valence-electron chi connectivity index (χ0n) is 7.56. The molecule has 68 valence electrons. The van der Waals surface area contributed by atoms with Crippen LogP contribution < -0.4 is 10.6 Å². The molecule has 0 spiro atoms. The van der Waals surface area contributed by atoms with Crippen LogP contribution in [-0.4, -0.2) is 19.1 Å². The molecular formula is C11H14N2. The van der Waals surface area contributed by atoms with E-state index in [1.54, 1.807) is 0 Å². The van der Waals surface area contributed by atoms with Gasteiger partial charge in [-0.05, 0) is 24.0 Å². The van der Waals surface area contributed by atoms with E-state index in [0.717, 1.165) is 24.9 Å². The Labute approximate surface area is 78.3 Å². The summed E-state index contributed by atoms with van der Waals surface area (Å²) in [6, 6.07) is 11.1. The van der Waals surface area contributed by atoms with Gasteiger partial charge in [-0.25, -0.2) is 0 Å². The summed E-state index contributed by atoms with van der Waals surface area (Å²) in [5.74, 6) is 1.56. The van der Waals surface area contributed by atoms with Gasteiger partial charge in [-0.3, -0.25) is 0 Å². The Morgan fingerprint density at radius 2 is 1.69 bits per heavy atom. The van der Waals surface area contributed by atoms with Crippen LogP contribution in [0.25, 0.3) is 0 Å². The highest BCUT2D eigenvalue weighted by Crippen LogP contribution is 2.45. The first-order valence-electron chi connectivity index (χ1n) is 4.92. The third-order valence-electron chi connectivity index (χ3n) is 3.38. The normalized spacial score (nSPS) is 36.1. The molecule has 1 aliphatic heterocycles. The SMILES string of the molecule is NC1[C@@H]2CN(c3ccccc3)C[C@@H]12. The van der Waals surface area contributed by atoms with Crippen LogP contribution in [0.3, 0.4) is 0 Å². The maximum absolute atomic E-state index is 5.89. The molecule has 2 aliphatic rings. The van der Waals surface area contributed by atoms with Crippen molar-refractivity contribution in [2.45, 2.75) is 6.04 Å². The molecule has 0 aromatic heterocycles. The van der Waals surface area contributed by atoms with Crippen LogP contribution in [0.5, 0.6) is 0 Å². The van der Waals surface area contributed by atoms with E-state index in [-0.39, 0.29) is 0 Å². The van der Waals surface area contributed by atoms with Gasteiger partial charge >= 0.3 is 0 Å². The molecule has 2 fully saturated rings. The number of nitrogens with zero attached hydrogens (tertiary/aromatic N) is 1. The molecule has 2 N–H and O–H groups in total. The molecule has 0 amide bonds. The minimum atomic E-state index is 0.500. The number of benzene rings is 1. The lowest BCUT2D eigenvalue weighted by atomic mass is 10.3. The van der Waals surface area contributed by atoms with E-state index in [1.165, 1.54) is 5.69 Å². The van der Waals surface area contributed by atoms with Crippen molar-refractivity contribution >= 4 is 5.69 Å². The van der Waals surface area contributed by atoms with Crippen molar-refractivity contribution in [3.8, 4) is 0 Å². The smallest absolute Gasteiger partial charge is 0.0366 e. The topological polar surface area (TPSA) is 29.3 Å². The Balaban J connectivity index is 1.76. The summed E-state index contributed by atoms with van der Waals surface area (Å²) in [6.45, 7) is 2.33. The van der Waals surface area contributed by atoms with Gasteiger partial charge in [-0.1, -0.05) is 18.2 Å². The summed E-state index contributed by atoms with van der Waals surface area (Å²) >= 11 is 0. The van der Waals surface area contributed by atoms with Crippen LogP contribution in [-0.2, 0) is 0 Å². The number of fused-ring (bicyclic) bond motifs is 1. The molecule has 0 unspecified atom stereocenters. The Bertz CT molecular complexity index is 297. The van der Waals surface area contributed by atoms with Gasteiger partial charge in [0.2, 0.25) is 0 Å². The predicted octanol–water partition coefficient (Wildman–Crippen LogP) is 1.08. The van der Waals surface area contributed by atoms with Crippen LogP contribution in [0.15, 0.2) is 30.3 Å². The zero-order chi connectivity index (χ0) is 8.84. The Morgan fingerprint density at radius 3 is 2.31 bits per heavy atom.